The van der Waals surface area contributed by atoms with Crippen LogP contribution >= 0.6 is 0 Å². The van der Waals surface area contributed by atoms with Crippen molar-refractivity contribution in [3.63, 3.8) is 0 Å². The summed E-state index contributed by atoms with van der Waals surface area (Å²) in [6.07, 6.45) is 4.77. The molecule has 0 bridgehead atoms. The first kappa shape index (κ1) is 31.9. The van der Waals surface area contributed by atoms with Gasteiger partial charge in [-0.15, -0.1) is 23.3 Å². The first-order valence-electron chi connectivity index (χ1n) is 10.4. The molecule has 0 saturated heterocycles. The Morgan fingerprint density at radius 2 is 1.06 bits per heavy atom. The minimum absolute atomic E-state index is 0. The quantitative estimate of drug-likeness (QED) is 0.234. The maximum Gasteiger partial charge on any atom is 4.00 e. The van der Waals surface area contributed by atoms with Crippen LogP contribution in [-0.2, 0) is 21.7 Å². The van der Waals surface area contributed by atoms with E-state index in [1.165, 1.54) is 49.3 Å². The van der Waals surface area contributed by atoms with E-state index in [2.05, 4.69) is 107 Å². The van der Waals surface area contributed by atoms with Crippen LogP contribution in [0.1, 0.15) is 41.2 Å². The molecule has 3 aromatic carbocycles. The Morgan fingerprint density at radius 1 is 0.636 bits per heavy atom. The van der Waals surface area contributed by atoms with Crippen LogP contribution in [0.15, 0.2) is 77.5 Å². The van der Waals surface area contributed by atoms with Gasteiger partial charge in [0.25, 0.3) is 0 Å². The molecule has 4 rings (SSSR count). The number of benzene rings is 3. The molecular formula is C28H29Cl3SiTi. The minimum atomic E-state index is -1.58. The van der Waals surface area contributed by atoms with Gasteiger partial charge < -0.3 is 37.2 Å². The second kappa shape index (κ2) is 13.7. The van der Waals surface area contributed by atoms with Gasteiger partial charge in [0.2, 0.25) is 0 Å². The summed E-state index contributed by atoms with van der Waals surface area (Å²) in [4.78, 5) is 0. The molecule has 1 aliphatic carbocycles. The van der Waals surface area contributed by atoms with Crippen LogP contribution in [0.5, 0.6) is 0 Å². The van der Waals surface area contributed by atoms with Crippen molar-refractivity contribution < 1.29 is 58.9 Å². The SMILES string of the molecule is CC1=[C-]C(c2ccccc2)=C([SiH](c2cc(C)cc(C)c2)c2cc(C)cc(C)c2)C1.[Cl-].[Cl-].[Cl-].[Ti+4]. The molecule has 0 heterocycles. The van der Waals surface area contributed by atoms with Gasteiger partial charge in [0.05, 0.1) is 8.80 Å². The van der Waals surface area contributed by atoms with E-state index in [0.717, 1.165) is 6.42 Å². The van der Waals surface area contributed by atoms with Gasteiger partial charge in [0.1, 0.15) is 0 Å². The zero-order valence-electron chi connectivity index (χ0n) is 19.8. The van der Waals surface area contributed by atoms with Gasteiger partial charge in [0.15, 0.2) is 0 Å². The standard InChI is InChI=1S/C28H29Si.3ClH.Ti/c1-19-11-20(2)14-25(13-19)29(26-15-21(3)12-22(4)16-26)28-18-23(5)17-27(28)24-9-7-6-8-10-24;;;;/h6-16,29H,18H2,1-5H3;3*1H;/q-1;;;;+4/p-3. The molecule has 3 aromatic rings. The number of allylic oxidation sites excluding steroid dienone is 4. The number of rotatable bonds is 4. The summed E-state index contributed by atoms with van der Waals surface area (Å²) in [7, 11) is -1.58. The Morgan fingerprint density at radius 3 is 1.48 bits per heavy atom. The van der Waals surface area contributed by atoms with Crippen LogP contribution < -0.4 is 47.6 Å². The Kier molecular flexibility index (Phi) is 13.3. The number of hydrogen-bond donors (Lipinski definition) is 0. The zero-order chi connectivity index (χ0) is 20.5. The van der Waals surface area contributed by atoms with Crippen molar-refractivity contribution in [2.45, 2.75) is 41.0 Å². The van der Waals surface area contributed by atoms with E-state index in [-0.39, 0.29) is 58.9 Å². The summed E-state index contributed by atoms with van der Waals surface area (Å²) in [5.74, 6) is 0. The van der Waals surface area contributed by atoms with E-state index in [1.54, 1.807) is 5.20 Å². The largest absolute Gasteiger partial charge is 4.00 e. The summed E-state index contributed by atoms with van der Waals surface area (Å²) < 4.78 is 0. The molecule has 5 heteroatoms. The van der Waals surface area contributed by atoms with Gasteiger partial charge in [-0.3, -0.25) is 0 Å². The van der Waals surface area contributed by atoms with Gasteiger partial charge in [-0.05, 0) is 27.7 Å². The molecule has 0 amide bonds. The van der Waals surface area contributed by atoms with E-state index in [9.17, 15) is 0 Å². The fraction of sp³-hybridized carbons (Fsp3) is 0.214. The number of halogens is 3. The van der Waals surface area contributed by atoms with Gasteiger partial charge in [-0.2, -0.15) is 16.8 Å². The third kappa shape index (κ3) is 7.46. The monoisotopic (exact) mass is 546 g/mol. The average molecular weight is 548 g/mol. The molecule has 0 fully saturated rings. The normalized spacial score (nSPS) is 12.2. The first-order valence-corrected chi connectivity index (χ1v) is 12.2. The van der Waals surface area contributed by atoms with Crippen molar-refractivity contribution in [2.75, 3.05) is 0 Å². The Balaban J connectivity index is 0.00000256. The summed E-state index contributed by atoms with van der Waals surface area (Å²) in [6, 6.07) is 25.1. The molecule has 0 unspecified atom stereocenters. The van der Waals surface area contributed by atoms with E-state index in [0.29, 0.717) is 0 Å². The van der Waals surface area contributed by atoms with Gasteiger partial charge in [-0.1, -0.05) is 101 Å². The first-order chi connectivity index (χ1) is 13.9. The van der Waals surface area contributed by atoms with Crippen LogP contribution in [0.3, 0.4) is 0 Å². The van der Waals surface area contributed by atoms with Crippen molar-refractivity contribution in [3.05, 3.63) is 111 Å². The third-order valence-electron chi connectivity index (χ3n) is 5.68. The van der Waals surface area contributed by atoms with Crippen LogP contribution in [-0.4, -0.2) is 8.80 Å². The molecular weight excluding hydrogens is 519 g/mol. The van der Waals surface area contributed by atoms with Crippen molar-refractivity contribution in [2.24, 2.45) is 0 Å². The Bertz CT molecular complexity index is 1050. The van der Waals surface area contributed by atoms with E-state index in [4.69, 9.17) is 0 Å². The molecule has 33 heavy (non-hydrogen) atoms. The summed E-state index contributed by atoms with van der Waals surface area (Å²) >= 11 is 0. The molecule has 0 atom stereocenters. The topological polar surface area (TPSA) is 0 Å². The summed E-state index contributed by atoms with van der Waals surface area (Å²) in [5, 5.41) is 4.64. The second-order valence-electron chi connectivity index (χ2n) is 8.62. The van der Waals surface area contributed by atoms with Gasteiger partial charge in [0, 0.05) is 0 Å². The molecule has 0 nitrogen and oxygen atoms in total. The van der Waals surface area contributed by atoms with E-state index < -0.39 is 8.80 Å². The maximum atomic E-state index is 3.73. The molecule has 0 aliphatic heterocycles. The maximum absolute atomic E-state index is 3.73. The van der Waals surface area contributed by atoms with Gasteiger partial charge in [-0.25, -0.2) is 0 Å². The fourth-order valence-electron chi connectivity index (χ4n) is 4.77. The number of hydrogen-bond acceptors (Lipinski definition) is 0. The smallest absolute Gasteiger partial charge is 1.00 e. The van der Waals surface area contributed by atoms with Gasteiger partial charge >= 0.3 is 21.7 Å². The number of aryl methyl sites for hydroxylation is 4. The summed E-state index contributed by atoms with van der Waals surface area (Å²) in [6.45, 7) is 11.1. The van der Waals surface area contributed by atoms with Crippen LogP contribution in [0.4, 0.5) is 0 Å². The molecule has 0 N–H and O–H groups in total. The average Bonchev–Trinajstić information content (AvgIpc) is 3.02. The van der Waals surface area contributed by atoms with Crippen LogP contribution in [0.2, 0.25) is 0 Å². The zero-order valence-corrected chi connectivity index (χ0v) is 24.8. The predicted molar refractivity (Wildman–Crippen MR) is 129 cm³/mol. The van der Waals surface area contributed by atoms with Crippen molar-refractivity contribution >= 4 is 24.7 Å². The van der Waals surface area contributed by atoms with Crippen molar-refractivity contribution in [1.29, 1.82) is 0 Å². The minimum Gasteiger partial charge on any atom is -1.00 e. The third-order valence-corrected chi connectivity index (χ3v) is 8.87. The molecule has 0 aromatic heterocycles. The molecule has 0 radical (unpaired) electrons. The van der Waals surface area contributed by atoms with E-state index in [1.807, 2.05) is 0 Å². The van der Waals surface area contributed by atoms with Crippen molar-refractivity contribution in [3.8, 4) is 0 Å². The molecule has 1 aliphatic rings. The van der Waals surface area contributed by atoms with E-state index >= 15 is 0 Å². The Hall–Kier alpha value is -1.06. The fourth-order valence-corrected chi connectivity index (χ4v) is 8.71. The molecule has 170 valence electrons. The Labute approximate surface area is 234 Å². The molecule has 0 spiro atoms. The van der Waals surface area contributed by atoms with Crippen LogP contribution in [0, 0.1) is 33.8 Å². The molecule has 0 saturated carbocycles. The predicted octanol–water partition coefficient (Wildman–Crippen LogP) is -3.58. The van der Waals surface area contributed by atoms with Crippen LogP contribution in [0.25, 0.3) is 5.57 Å². The summed E-state index contributed by atoms with van der Waals surface area (Å²) in [5.41, 5.74) is 9.41. The van der Waals surface area contributed by atoms with Crippen molar-refractivity contribution in [1.82, 2.24) is 0 Å². The second-order valence-corrected chi connectivity index (χ2v) is 11.5.